The topological polar surface area (TPSA) is 35.6 Å². The monoisotopic (exact) mass is 479 g/mol. The van der Waals surface area contributed by atoms with Gasteiger partial charge >= 0.3 is 0 Å². The van der Waals surface area contributed by atoms with E-state index in [1.54, 1.807) is 11.8 Å². The number of nitrogens with one attached hydrogen (secondary N) is 1. The summed E-state index contributed by atoms with van der Waals surface area (Å²) in [4.78, 5) is 20.6. The molecule has 0 radical (unpaired) electrons. The Labute approximate surface area is 206 Å². The molecule has 2 heterocycles. The van der Waals surface area contributed by atoms with Gasteiger partial charge in [-0.3, -0.25) is 9.69 Å². The lowest BCUT2D eigenvalue weighted by Crippen LogP contribution is -2.45. The Bertz CT molecular complexity index is 1100. The summed E-state index contributed by atoms with van der Waals surface area (Å²) < 4.78 is 0. The zero-order valence-corrected chi connectivity index (χ0v) is 20.5. The third-order valence-electron chi connectivity index (χ3n) is 6.35. The molecular weight excluding hydrogens is 450 g/mol. The predicted octanol–water partition coefficient (Wildman–Crippen LogP) is 6.47. The van der Waals surface area contributed by atoms with Crippen LogP contribution >= 0.6 is 24.2 Å². The molecule has 4 nitrogen and oxygen atoms in total. The molecule has 2 aliphatic rings. The molecule has 1 atom stereocenters. The Morgan fingerprint density at radius 2 is 1.64 bits per heavy atom. The first-order valence-corrected chi connectivity index (χ1v) is 12.3. The number of hydrogen-bond donors (Lipinski definition) is 1. The minimum absolute atomic E-state index is 0. The maximum atomic E-state index is 13.0. The molecule has 0 spiro atoms. The second kappa shape index (κ2) is 10.6. The molecule has 3 aromatic rings. The van der Waals surface area contributed by atoms with Crippen molar-refractivity contribution in [3.8, 4) is 0 Å². The van der Waals surface area contributed by atoms with Gasteiger partial charge in [0.1, 0.15) is 0 Å². The van der Waals surface area contributed by atoms with Gasteiger partial charge in [-0.1, -0.05) is 61.2 Å². The fourth-order valence-electron chi connectivity index (χ4n) is 4.77. The summed E-state index contributed by atoms with van der Waals surface area (Å²) in [5.41, 5.74) is 4.19. The lowest BCUT2D eigenvalue weighted by atomic mass is 10.1. The Balaban J connectivity index is 0.00000259. The van der Waals surface area contributed by atoms with Crippen molar-refractivity contribution in [2.45, 2.75) is 48.7 Å². The SMILES string of the molecule is CCC(N1CCCC1)N1c2ccccc2Sc2ccc(C(=O)NCc3ccccc3)cc21.Cl. The molecule has 1 unspecified atom stereocenters. The Hall–Kier alpha value is -2.47. The minimum atomic E-state index is -0.0327. The van der Waals surface area contributed by atoms with E-state index < -0.39 is 0 Å². The smallest absolute Gasteiger partial charge is 0.251 e. The summed E-state index contributed by atoms with van der Waals surface area (Å²) in [6, 6.07) is 24.8. The van der Waals surface area contributed by atoms with Gasteiger partial charge in [0.25, 0.3) is 5.91 Å². The van der Waals surface area contributed by atoms with E-state index in [4.69, 9.17) is 0 Å². The number of benzene rings is 3. The summed E-state index contributed by atoms with van der Waals surface area (Å²) in [5, 5.41) is 3.08. The Morgan fingerprint density at radius 1 is 0.939 bits per heavy atom. The molecule has 1 fully saturated rings. The molecule has 33 heavy (non-hydrogen) atoms. The predicted molar refractivity (Wildman–Crippen MR) is 139 cm³/mol. The summed E-state index contributed by atoms with van der Waals surface area (Å²) in [6.45, 7) is 5.07. The van der Waals surface area contributed by atoms with Gasteiger partial charge in [0.05, 0.1) is 17.5 Å². The van der Waals surface area contributed by atoms with Crippen LogP contribution in [0.25, 0.3) is 0 Å². The van der Waals surface area contributed by atoms with Crippen molar-refractivity contribution in [2.24, 2.45) is 0 Å². The standard InChI is InChI=1S/C27H29N3OS.ClH/c1-2-26(29-16-8-9-17-29)30-22-12-6-7-13-24(22)32-25-15-14-21(18-23(25)30)27(31)28-19-20-10-4-3-5-11-20;/h3-7,10-15,18,26H,2,8-9,16-17,19H2,1H3,(H,28,31);1H. The van der Waals surface area contributed by atoms with Gasteiger partial charge in [-0.15, -0.1) is 12.4 Å². The molecule has 6 heteroatoms. The number of rotatable bonds is 6. The largest absolute Gasteiger partial charge is 0.348 e. The van der Waals surface area contributed by atoms with Crippen LogP contribution in [0.1, 0.15) is 42.1 Å². The number of carbonyl (C=O) groups excluding carboxylic acids is 1. The number of para-hydroxylation sites is 1. The van der Waals surface area contributed by atoms with Crippen LogP contribution in [0, 0.1) is 0 Å². The van der Waals surface area contributed by atoms with Crippen molar-refractivity contribution in [3.05, 3.63) is 83.9 Å². The molecule has 1 saturated heterocycles. The number of amides is 1. The minimum Gasteiger partial charge on any atom is -0.348 e. The first-order chi connectivity index (χ1) is 15.7. The van der Waals surface area contributed by atoms with Crippen LogP contribution in [-0.4, -0.2) is 30.1 Å². The highest BCUT2D eigenvalue weighted by molar-refractivity contribution is 7.99. The fraction of sp³-hybridized carbons (Fsp3) is 0.296. The molecule has 3 aromatic carbocycles. The molecule has 1 amide bonds. The summed E-state index contributed by atoms with van der Waals surface area (Å²) in [7, 11) is 0. The number of nitrogens with zero attached hydrogens (tertiary/aromatic N) is 2. The van der Waals surface area contributed by atoms with E-state index in [9.17, 15) is 4.79 Å². The van der Waals surface area contributed by atoms with Crippen molar-refractivity contribution in [3.63, 3.8) is 0 Å². The van der Waals surface area contributed by atoms with E-state index in [-0.39, 0.29) is 18.3 Å². The van der Waals surface area contributed by atoms with Crippen molar-refractivity contribution in [2.75, 3.05) is 18.0 Å². The second-order valence-corrected chi connectivity index (χ2v) is 9.51. The summed E-state index contributed by atoms with van der Waals surface area (Å²) in [6.07, 6.45) is 3.84. The van der Waals surface area contributed by atoms with E-state index in [0.29, 0.717) is 18.3 Å². The Morgan fingerprint density at radius 3 is 2.39 bits per heavy atom. The van der Waals surface area contributed by atoms with Crippen LogP contribution < -0.4 is 10.2 Å². The first-order valence-electron chi connectivity index (χ1n) is 11.5. The van der Waals surface area contributed by atoms with Crippen LogP contribution in [-0.2, 0) is 6.54 Å². The van der Waals surface area contributed by atoms with E-state index >= 15 is 0 Å². The normalized spacial score (nSPS) is 15.8. The van der Waals surface area contributed by atoms with Crippen molar-refractivity contribution in [1.29, 1.82) is 0 Å². The second-order valence-electron chi connectivity index (χ2n) is 8.42. The van der Waals surface area contributed by atoms with Gasteiger partial charge in [-0.05, 0) is 55.2 Å². The van der Waals surface area contributed by atoms with Gasteiger partial charge in [0.2, 0.25) is 0 Å². The van der Waals surface area contributed by atoms with Crippen LogP contribution in [0.15, 0.2) is 82.6 Å². The zero-order valence-electron chi connectivity index (χ0n) is 18.9. The lowest BCUT2D eigenvalue weighted by molar-refractivity contribution is 0.0951. The van der Waals surface area contributed by atoms with Crippen molar-refractivity contribution < 1.29 is 4.79 Å². The van der Waals surface area contributed by atoms with Crippen LogP contribution in [0.2, 0.25) is 0 Å². The van der Waals surface area contributed by atoms with Gasteiger partial charge < -0.3 is 10.2 Å². The molecule has 0 aliphatic carbocycles. The fourth-order valence-corrected chi connectivity index (χ4v) is 5.82. The zero-order chi connectivity index (χ0) is 21.9. The van der Waals surface area contributed by atoms with Crippen molar-refractivity contribution >= 4 is 41.5 Å². The molecule has 0 aromatic heterocycles. The number of carbonyl (C=O) groups is 1. The lowest BCUT2D eigenvalue weighted by Gasteiger charge is -2.42. The van der Waals surface area contributed by atoms with Gasteiger partial charge in [0, 0.05) is 35.0 Å². The number of halogens is 1. The number of anilines is 2. The van der Waals surface area contributed by atoms with Crippen LogP contribution in [0.3, 0.4) is 0 Å². The molecular formula is C27H30ClN3OS. The van der Waals surface area contributed by atoms with E-state index in [1.165, 1.54) is 28.3 Å². The number of likely N-dealkylation sites (tertiary alicyclic amines) is 1. The highest BCUT2D eigenvalue weighted by Crippen LogP contribution is 2.50. The van der Waals surface area contributed by atoms with E-state index in [1.807, 2.05) is 36.4 Å². The Kier molecular flexibility index (Phi) is 7.63. The van der Waals surface area contributed by atoms with Gasteiger partial charge in [0.15, 0.2) is 0 Å². The summed E-state index contributed by atoms with van der Waals surface area (Å²) in [5.74, 6) is -0.0327. The third-order valence-corrected chi connectivity index (χ3v) is 7.48. The van der Waals surface area contributed by atoms with E-state index in [0.717, 1.165) is 30.8 Å². The maximum absolute atomic E-state index is 13.0. The van der Waals surface area contributed by atoms with Crippen LogP contribution in [0.5, 0.6) is 0 Å². The number of fused-ring (bicyclic) bond motifs is 2. The van der Waals surface area contributed by atoms with Gasteiger partial charge in [-0.2, -0.15) is 0 Å². The van der Waals surface area contributed by atoms with E-state index in [2.05, 4.69) is 58.4 Å². The maximum Gasteiger partial charge on any atom is 0.251 e. The first kappa shape index (κ1) is 23.7. The molecule has 5 rings (SSSR count). The van der Waals surface area contributed by atoms with Crippen molar-refractivity contribution in [1.82, 2.24) is 10.2 Å². The molecule has 2 aliphatic heterocycles. The molecule has 0 saturated carbocycles. The summed E-state index contributed by atoms with van der Waals surface area (Å²) >= 11 is 1.80. The third kappa shape index (κ3) is 4.91. The molecule has 0 bridgehead atoms. The highest BCUT2D eigenvalue weighted by Gasteiger charge is 2.33. The van der Waals surface area contributed by atoms with Gasteiger partial charge in [-0.25, -0.2) is 0 Å². The average molecular weight is 480 g/mol. The molecule has 1 N–H and O–H groups in total. The molecule has 172 valence electrons. The van der Waals surface area contributed by atoms with Crippen LogP contribution in [0.4, 0.5) is 11.4 Å². The quantitative estimate of drug-likeness (QED) is 0.439. The highest BCUT2D eigenvalue weighted by atomic mass is 35.5. The average Bonchev–Trinajstić information content (AvgIpc) is 3.37. The number of hydrogen-bond acceptors (Lipinski definition) is 4.